The van der Waals surface area contributed by atoms with Crippen LogP contribution in [-0.4, -0.2) is 37.0 Å². The van der Waals surface area contributed by atoms with Gasteiger partial charge in [-0.15, -0.1) is 0 Å². The maximum absolute atomic E-state index is 6.09. The zero-order valence-corrected chi connectivity index (χ0v) is 18.7. The van der Waals surface area contributed by atoms with Crippen molar-refractivity contribution in [3.05, 3.63) is 120 Å². The van der Waals surface area contributed by atoms with Crippen LogP contribution in [0.5, 0.6) is 0 Å². The van der Waals surface area contributed by atoms with E-state index in [9.17, 15) is 0 Å². The summed E-state index contributed by atoms with van der Waals surface area (Å²) in [6.07, 6.45) is 5.41. The third-order valence-electron chi connectivity index (χ3n) is 5.74. The molecule has 1 aliphatic heterocycles. The van der Waals surface area contributed by atoms with Crippen LogP contribution in [0, 0.1) is 5.92 Å². The number of benzene rings is 2. The van der Waals surface area contributed by atoms with Crippen LogP contribution in [0.4, 0.5) is 0 Å². The molecule has 1 saturated heterocycles. The Labute approximate surface area is 191 Å². The molecular formula is C28H32N4. The summed E-state index contributed by atoms with van der Waals surface area (Å²) in [4.78, 5) is 11.2. The van der Waals surface area contributed by atoms with Gasteiger partial charge in [0.15, 0.2) is 0 Å². The molecule has 0 radical (unpaired) electrons. The van der Waals surface area contributed by atoms with Crippen LogP contribution >= 0.6 is 0 Å². The van der Waals surface area contributed by atoms with Crippen LogP contribution in [0.3, 0.4) is 0 Å². The van der Waals surface area contributed by atoms with Crippen LogP contribution in [0.2, 0.25) is 0 Å². The van der Waals surface area contributed by atoms with Gasteiger partial charge in [-0.25, -0.2) is 0 Å². The highest BCUT2D eigenvalue weighted by molar-refractivity contribution is 6.15. The summed E-state index contributed by atoms with van der Waals surface area (Å²) in [6, 6.07) is 18.9. The normalized spacial score (nSPS) is 16.6. The van der Waals surface area contributed by atoms with Crippen molar-refractivity contribution in [1.82, 2.24) is 4.90 Å². The minimum Gasteiger partial charge on any atom is -0.399 e. The highest BCUT2D eigenvalue weighted by atomic mass is 15.2. The lowest BCUT2D eigenvalue weighted by Gasteiger charge is -2.18. The summed E-state index contributed by atoms with van der Waals surface area (Å²) >= 11 is 0. The summed E-state index contributed by atoms with van der Waals surface area (Å²) < 4.78 is 0. The number of rotatable bonds is 10. The number of nitrogens with two attached hydrogens (primary N) is 1. The van der Waals surface area contributed by atoms with Crippen molar-refractivity contribution in [1.29, 1.82) is 0 Å². The van der Waals surface area contributed by atoms with Gasteiger partial charge in [0.2, 0.25) is 0 Å². The molecule has 1 fully saturated rings. The van der Waals surface area contributed by atoms with E-state index in [2.05, 4.69) is 84.9 Å². The molecule has 2 aromatic carbocycles. The van der Waals surface area contributed by atoms with Crippen LogP contribution in [-0.2, 0) is 6.42 Å². The van der Waals surface area contributed by atoms with Crippen molar-refractivity contribution >= 4 is 12.4 Å². The second-order valence-corrected chi connectivity index (χ2v) is 8.10. The van der Waals surface area contributed by atoms with Crippen molar-refractivity contribution in [2.45, 2.75) is 12.8 Å². The number of allylic oxidation sites excluding steroid dienone is 2. The standard InChI is InChI=1S/C28H32N4/c1-5-21(2)32-16-15-25(20-32)18-31-28(27(19-30-4)22(3)29)26-13-11-24(12-14-26)17-23-9-7-6-8-10-23/h5-14,19,25H,1-4,15-18,20,29H2/b27-19-,31-28-. The Kier molecular flexibility index (Phi) is 7.98. The van der Waals surface area contributed by atoms with E-state index in [0.717, 1.165) is 42.9 Å². The second kappa shape index (κ2) is 11.1. The largest absolute Gasteiger partial charge is 0.399 e. The van der Waals surface area contributed by atoms with E-state index < -0.39 is 0 Å². The van der Waals surface area contributed by atoms with Crippen molar-refractivity contribution in [2.24, 2.45) is 21.6 Å². The second-order valence-electron chi connectivity index (χ2n) is 8.10. The van der Waals surface area contributed by atoms with Crippen LogP contribution in [0.25, 0.3) is 0 Å². The first-order valence-electron chi connectivity index (χ1n) is 10.9. The summed E-state index contributed by atoms with van der Waals surface area (Å²) in [5.41, 5.74) is 12.5. The van der Waals surface area contributed by atoms with Crippen molar-refractivity contribution in [3.8, 4) is 0 Å². The van der Waals surface area contributed by atoms with Crippen molar-refractivity contribution in [2.75, 3.05) is 19.6 Å². The zero-order valence-electron chi connectivity index (χ0n) is 18.7. The SMILES string of the molecule is C=CC(=C)N1CCC(C/N=C(\C(=C/N=C)C(=C)N)c2ccc(Cc3ccccc3)cc2)C1. The van der Waals surface area contributed by atoms with E-state index in [1.54, 1.807) is 6.20 Å². The van der Waals surface area contributed by atoms with Gasteiger partial charge in [-0.3, -0.25) is 9.98 Å². The molecule has 0 aliphatic carbocycles. The van der Waals surface area contributed by atoms with E-state index in [1.807, 2.05) is 12.1 Å². The third kappa shape index (κ3) is 5.94. The van der Waals surface area contributed by atoms with E-state index in [4.69, 9.17) is 10.7 Å². The molecule has 164 valence electrons. The Bertz CT molecular complexity index is 1030. The summed E-state index contributed by atoms with van der Waals surface area (Å²) in [7, 11) is 0. The summed E-state index contributed by atoms with van der Waals surface area (Å²) in [6.45, 7) is 18.0. The van der Waals surface area contributed by atoms with Gasteiger partial charge in [-0.1, -0.05) is 74.3 Å². The van der Waals surface area contributed by atoms with Gasteiger partial charge in [-0.2, -0.15) is 0 Å². The molecule has 0 amide bonds. The number of aliphatic imine (C=N–C) groups is 2. The highest BCUT2D eigenvalue weighted by Crippen LogP contribution is 2.22. The lowest BCUT2D eigenvalue weighted by atomic mass is 9.97. The smallest absolute Gasteiger partial charge is 0.0755 e. The maximum atomic E-state index is 6.09. The molecule has 3 rings (SSSR count). The highest BCUT2D eigenvalue weighted by Gasteiger charge is 2.23. The average Bonchev–Trinajstić information content (AvgIpc) is 3.28. The Morgan fingerprint density at radius 2 is 1.75 bits per heavy atom. The lowest BCUT2D eigenvalue weighted by molar-refractivity contribution is 0.419. The van der Waals surface area contributed by atoms with E-state index in [0.29, 0.717) is 23.7 Å². The van der Waals surface area contributed by atoms with Gasteiger partial charge in [0.05, 0.1) is 5.71 Å². The molecule has 1 atom stereocenters. The molecule has 1 unspecified atom stereocenters. The summed E-state index contributed by atoms with van der Waals surface area (Å²) in [5.74, 6) is 0.447. The van der Waals surface area contributed by atoms with E-state index >= 15 is 0 Å². The number of hydrogen-bond donors (Lipinski definition) is 1. The molecule has 2 aromatic rings. The molecule has 1 heterocycles. The van der Waals surface area contributed by atoms with Crippen LogP contribution in [0.1, 0.15) is 23.1 Å². The van der Waals surface area contributed by atoms with Gasteiger partial charge in [0, 0.05) is 48.4 Å². The number of likely N-dealkylation sites (tertiary alicyclic amines) is 1. The first-order chi connectivity index (χ1) is 15.5. The van der Waals surface area contributed by atoms with E-state index in [1.165, 1.54) is 11.1 Å². The van der Waals surface area contributed by atoms with Gasteiger partial charge in [0.1, 0.15) is 0 Å². The Hall–Kier alpha value is -3.66. The first kappa shape index (κ1) is 23.0. The number of hydrogen-bond acceptors (Lipinski definition) is 4. The van der Waals surface area contributed by atoms with Gasteiger partial charge in [-0.05, 0) is 42.7 Å². The molecule has 1 aliphatic rings. The van der Waals surface area contributed by atoms with Crippen molar-refractivity contribution in [3.63, 3.8) is 0 Å². The third-order valence-corrected chi connectivity index (χ3v) is 5.74. The number of nitrogens with zero attached hydrogens (tertiary/aromatic N) is 3. The fourth-order valence-corrected chi connectivity index (χ4v) is 3.92. The van der Waals surface area contributed by atoms with Gasteiger partial charge in [0.25, 0.3) is 0 Å². The van der Waals surface area contributed by atoms with Gasteiger partial charge < -0.3 is 10.6 Å². The molecule has 2 N–H and O–H groups in total. The average molecular weight is 425 g/mol. The Morgan fingerprint density at radius 1 is 1.06 bits per heavy atom. The predicted octanol–water partition coefficient (Wildman–Crippen LogP) is 5.15. The minimum atomic E-state index is 0.428. The molecule has 0 saturated carbocycles. The fourth-order valence-electron chi connectivity index (χ4n) is 3.92. The Morgan fingerprint density at radius 3 is 2.38 bits per heavy atom. The predicted molar refractivity (Wildman–Crippen MR) is 137 cm³/mol. The Balaban J connectivity index is 1.83. The zero-order chi connectivity index (χ0) is 22.9. The quantitative estimate of drug-likeness (QED) is 0.424. The van der Waals surface area contributed by atoms with E-state index in [-0.39, 0.29) is 0 Å². The monoisotopic (exact) mass is 424 g/mol. The van der Waals surface area contributed by atoms with Crippen LogP contribution < -0.4 is 5.73 Å². The van der Waals surface area contributed by atoms with Crippen LogP contribution in [0.15, 0.2) is 114 Å². The minimum absolute atomic E-state index is 0.428. The molecular weight excluding hydrogens is 392 g/mol. The molecule has 0 spiro atoms. The topological polar surface area (TPSA) is 54.0 Å². The molecule has 4 nitrogen and oxygen atoms in total. The fraction of sp³-hybridized carbons (Fsp3) is 0.214. The first-order valence-corrected chi connectivity index (χ1v) is 10.9. The lowest BCUT2D eigenvalue weighted by Crippen LogP contribution is -2.19. The molecule has 32 heavy (non-hydrogen) atoms. The molecule has 0 aromatic heterocycles. The summed E-state index contributed by atoms with van der Waals surface area (Å²) in [5, 5.41) is 0. The maximum Gasteiger partial charge on any atom is 0.0755 e. The van der Waals surface area contributed by atoms with Gasteiger partial charge >= 0.3 is 0 Å². The molecule has 0 bridgehead atoms. The molecule has 4 heteroatoms. The van der Waals surface area contributed by atoms with Crippen molar-refractivity contribution < 1.29 is 0 Å².